The van der Waals surface area contributed by atoms with Crippen molar-refractivity contribution in [1.29, 1.82) is 0 Å². The number of pyridine rings is 1. The van der Waals surface area contributed by atoms with E-state index in [1.807, 2.05) is 18.3 Å². The van der Waals surface area contributed by atoms with Crippen LogP contribution in [0.3, 0.4) is 0 Å². The highest BCUT2D eigenvalue weighted by Gasteiger charge is 2.41. The monoisotopic (exact) mass is 622 g/mol. The highest BCUT2D eigenvalue weighted by molar-refractivity contribution is 7.89. The fraction of sp³-hybridized carbons (Fsp3) is 0.613. The summed E-state index contributed by atoms with van der Waals surface area (Å²) in [6, 6.07) is 7.14. The Bertz CT molecular complexity index is 1330. The van der Waals surface area contributed by atoms with Crippen LogP contribution in [-0.2, 0) is 31.3 Å². The number of rotatable bonds is 9. The van der Waals surface area contributed by atoms with Crippen LogP contribution < -0.4 is 0 Å². The van der Waals surface area contributed by atoms with E-state index in [9.17, 15) is 26.4 Å². The lowest BCUT2D eigenvalue weighted by Crippen LogP contribution is -2.50. The van der Waals surface area contributed by atoms with Gasteiger partial charge in [0.2, 0.25) is 15.9 Å². The van der Waals surface area contributed by atoms with Crippen LogP contribution in [0.2, 0.25) is 0 Å². The van der Waals surface area contributed by atoms with Gasteiger partial charge < -0.3 is 14.5 Å². The van der Waals surface area contributed by atoms with E-state index in [2.05, 4.69) is 9.88 Å². The lowest BCUT2D eigenvalue weighted by atomic mass is 9.84. The molecule has 43 heavy (non-hydrogen) atoms. The minimum absolute atomic E-state index is 0.00605. The fourth-order valence-corrected chi connectivity index (χ4v) is 8.35. The summed E-state index contributed by atoms with van der Waals surface area (Å²) in [4.78, 5) is 21.6. The molecule has 1 unspecified atom stereocenters. The van der Waals surface area contributed by atoms with Crippen molar-refractivity contribution in [3.8, 4) is 0 Å². The molecule has 0 radical (unpaired) electrons. The third kappa shape index (κ3) is 7.58. The molecule has 8 nitrogen and oxygen atoms in total. The Morgan fingerprint density at radius 3 is 2.42 bits per heavy atom. The molecule has 3 saturated heterocycles. The van der Waals surface area contributed by atoms with Crippen LogP contribution in [-0.4, -0.2) is 85.3 Å². The number of sulfonamides is 1. The van der Waals surface area contributed by atoms with E-state index in [-0.39, 0.29) is 18.9 Å². The van der Waals surface area contributed by atoms with Crippen molar-refractivity contribution in [1.82, 2.24) is 19.1 Å². The third-order valence-electron chi connectivity index (χ3n) is 9.10. The summed E-state index contributed by atoms with van der Waals surface area (Å²) in [5, 5.41) is 0. The van der Waals surface area contributed by atoms with Gasteiger partial charge in [-0.3, -0.25) is 9.78 Å². The van der Waals surface area contributed by atoms with Crippen LogP contribution in [0.1, 0.15) is 68.9 Å². The fourth-order valence-electron chi connectivity index (χ4n) is 6.61. The van der Waals surface area contributed by atoms with Crippen LogP contribution in [0.5, 0.6) is 0 Å². The second-order valence-corrected chi connectivity index (χ2v) is 13.8. The van der Waals surface area contributed by atoms with Crippen molar-refractivity contribution in [2.75, 3.05) is 45.9 Å². The van der Waals surface area contributed by atoms with Crippen LogP contribution in [0, 0.1) is 0 Å². The number of benzene rings is 1. The second-order valence-electron chi connectivity index (χ2n) is 11.9. The molecule has 0 saturated carbocycles. The summed E-state index contributed by atoms with van der Waals surface area (Å²) in [5.41, 5.74) is -0.571. The average Bonchev–Trinajstić information content (AvgIpc) is 3.02. The van der Waals surface area contributed by atoms with E-state index in [0.717, 1.165) is 43.8 Å². The van der Waals surface area contributed by atoms with Gasteiger partial charge in [0.25, 0.3) is 0 Å². The van der Waals surface area contributed by atoms with Gasteiger partial charge in [-0.2, -0.15) is 17.5 Å². The van der Waals surface area contributed by atoms with Crippen LogP contribution in [0.15, 0.2) is 53.7 Å². The van der Waals surface area contributed by atoms with Crippen molar-refractivity contribution < 1.29 is 31.1 Å². The minimum Gasteiger partial charge on any atom is -0.369 e. The van der Waals surface area contributed by atoms with Crippen molar-refractivity contribution in [2.45, 2.75) is 80.5 Å². The molecular formula is C31H41F3N4O4S. The zero-order valence-corrected chi connectivity index (χ0v) is 25.3. The Labute approximate surface area is 252 Å². The number of halogens is 3. The van der Waals surface area contributed by atoms with Crippen LogP contribution in [0.25, 0.3) is 0 Å². The maximum atomic E-state index is 13.5. The number of carbonyl (C=O) groups excluding carboxylic acids is 1. The number of piperidine rings is 3. The quantitative estimate of drug-likeness (QED) is 0.389. The Kier molecular flexibility index (Phi) is 10.1. The molecule has 12 heteroatoms. The van der Waals surface area contributed by atoms with E-state index in [1.165, 1.54) is 29.6 Å². The zero-order chi connectivity index (χ0) is 30.5. The molecule has 236 valence electrons. The molecule has 1 aromatic carbocycles. The number of nitrogens with zero attached hydrogens (tertiary/aromatic N) is 4. The summed E-state index contributed by atoms with van der Waals surface area (Å²) in [6.45, 7) is 4.73. The molecule has 3 fully saturated rings. The molecular weight excluding hydrogens is 581 g/mol. The Morgan fingerprint density at radius 1 is 0.977 bits per heavy atom. The van der Waals surface area contributed by atoms with Gasteiger partial charge in [-0.25, -0.2) is 8.42 Å². The summed E-state index contributed by atoms with van der Waals surface area (Å²) in [6.07, 6.45) is 5.62. The number of alkyl halides is 3. The first kappa shape index (κ1) is 31.9. The highest BCUT2D eigenvalue weighted by atomic mass is 32.2. The van der Waals surface area contributed by atoms with E-state index in [1.54, 1.807) is 11.1 Å². The van der Waals surface area contributed by atoms with Gasteiger partial charge in [0.15, 0.2) is 0 Å². The molecule has 2 aromatic rings. The molecule has 0 spiro atoms. The van der Waals surface area contributed by atoms with Gasteiger partial charge in [0, 0.05) is 56.6 Å². The summed E-state index contributed by atoms with van der Waals surface area (Å²) in [5.74, 6) is -0.149. The van der Waals surface area contributed by atoms with Crippen molar-refractivity contribution in [2.24, 2.45) is 0 Å². The molecule has 4 heterocycles. The number of ether oxygens (including phenoxy) is 1. The molecule has 5 rings (SSSR count). The largest absolute Gasteiger partial charge is 0.416 e. The molecule has 0 aliphatic carbocycles. The maximum absolute atomic E-state index is 13.5. The molecule has 1 atom stereocenters. The number of hydrogen-bond donors (Lipinski definition) is 0. The average molecular weight is 623 g/mol. The smallest absolute Gasteiger partial charge is 0.369 e. The molecule has 3 aliphatic rings. The van der Waals surface area contributed by atoms with Crippen molar-refractivity contribution in [3.05, 3.63) is 59.9 Å². The lowest BCUT2D eigenvalue weighted by molar-refractivity contribution is -0.141. The van der Waals surface area contributed by atoms with E-state index in [0.29, 0.717) is 51.4 Å². The molecule has 0 bridgehead atoms. The van der Waals surface area contributed by atoms with Gasteiger partial charge in [-0.15, -0.1) is 0 Å². The lowest BCUT2D eigenvalue weighted by Gasteiger charge is -2.43. The summed E-state index contributed by atoms with van der Waals surface area (Å²) >= 11 is 0. The standard InChI is InChI=1S/C31H41F3N4O4S/c32-31(33,34)25-8-6-11-28(22-25)43(40,41)38-17-5-2-10-27(38)23-29(39)37-18-12-30(13-19-37,26-9-7-14-35-24-26)42-21-20-36-15-3-1-4-16-36/h6-9,11,14,22,24,27H,1-5,10,12-13,15-21,23H2. The van der Waals surface area contributed by atoms with Gasteiger partial charge in [-0.1, -0.05) is 25.0 Å². The predicted octanol–water partition coefficient (Wildman–Crippen LogP) is 5.05. The predicted molar refractivity (Wildman–Crippen MR) is 156 cm³/mol. The summed E-state index contributed by atoms with van der Waals surface area (Å²) < 4.78 is 74.7. The molecule has 1 aromatic heterocycles. The van der Waals surface area contributed by atoms with E-state index < -0.39 is 38.3 Å². The Morgan fingerprint density at radius 2 is 1.72 bits per heavy atom. The first-order valence-corrected chi connectivity index (χ1v) is 16.8. The van der Waals surface area contributed by atoms with E-state index in [4.69, 9.17) is 4.74 Å². The SMILES string of the molecule is O=C(CC1CCCCN1S(=O)(=O)c1cccc(C(F)(F)F)c1)N1CCC(OCCN2CCCCC2)(c2cccnc2)CC1. The molecule has 1 amide bonds. The summed E-state index contributed by atoms with van der Waals surface area (Å²) in [7, 11) is -4.21. The van der Waals surface area contributed by atoms with Crippen molar-refractivity contribution in [3.63, 3.8) is 0 Å². The highest BCUT2D eigenvalue weighted by Crippen LogP contribution is 2.38. The number of hydrogen-bond acceptors (Lipinski definition) is 6. The first-order chi connectivity index (χ1) is 20.6. The van der Waals surface area contributed by atoms with Gasteiger partial charge in [0.05, 0.1) is 22.7 Å². The molecule has 0 N–H and O–H groups in total. The normalized spacial score (nSPS) is 22.4. The zero-order valence-electron chi connectivity index (χ0n) is 24.5. The van der Waals surface area contributed by atoms with Crippen molar-refractivity contribution >= 4 is 15.9 Å². The number of carbonyl (C=O) groups is 1. The van der Waals surface area contributed by atoms with Gasteiger partial charge >= 0.3 is 6.18 Å². The molecule has 3 aliphatic heterocycles. The topological polar surface area (TPSA) is 83.0 Å². The maximum Gasteiger partial charge on any atom is 0.416 e. The van der Waals surface area contributed by atoms with Gasteiger partial charge in [-0.05, 0) is 75.9 Å². The minimum atomic E-state index is -4.65. The van der Waals surface area contributed by atoms with Crippen LogP contribution >= 0.6 is 0 Å². The second kappa shape index (κ2) is 13.6. The van der Waals surface area contributed by atoms with Gasteiger partial charge in [0.1, 0.15) is 0 Å². The Balaban J connectivity index is 1.24. The Hall–Kier alpha value is -2.54. The number of amides is 1. The van der Waals surface area contributed by atoms with E-state index >= 15 is 0 Å². The van der Waals surface area contributed by atoms with Crippen LogP contribution in [0.4, 0.5) is 13.2 Å². The third-order valence-corrected chi connectivity index (χ3v) is 11.0. The number of aromatic nitrogens is 1. The number of likely N-dealkylation sites (tertiary alicyclic amines) is 2. The first-order valence-electron chi connectivity index (χ1n) is 15.3.